The number of fused-ring (bicyclic) bond motifs is 1. The van der Waals surface area contributed by atoms with Gasteiger partial charge in [-0.1, -0.05) is 13.5 Å². The van der Waals surface area contributed by atoms with E-state index in [1.54, 1.807) is 12.3 Å². The summed E-state index contributed by atoms with van der Waals surface area (Å²) in [5.74, 6) is 0.579. The number of aliphatic hydroxyl groups is 1. The number of rotatable bonds is 2. The lowest BCUT2D eigenvalue weighted by Gasteiger charge is -2.29. The van der Waals surface area contributed by atoms with Crippen LogP contribution in [0.4, 0.5) is 5.82 Å². The lowest BCUT2D eigenvalue weighted by Crippen LogP contribution is -2.39. The minimum atomic E-state index is -0.310. The third kappa shape index (κ3) is 2.64. The van der Waals surface area contributed by atoms with Gasteiger partial charge in [0.2, 0.25) is 0 Å². The molecule has 3 rings (SSSR count). The Hall–Kier alpha value is -1.92. The number of aryl methyl sites for hydroxylation is 1. The normalized spacial score (nSPS) is 15.0. The van der Waals surface area contributed by atoms with Crippen LogP contribution in [0.1, 0.15) is 18.6 Å². The predicted molar refractivity (Wildman–Crippen MR) is 81.9 cm³/mol. The number of pyridine rings is 1. The number of anilines is 1. The van der Waals surface area contributed by atoms with E-state index in [4.69, 9.17) is 4.74 Å². The first kappa shape index (κ1) is 15.5. The topological polar surface area (TPSA) is 67.1 Å². The summed E-state index contributed by atoms with van der Waals surface area (Å²) in [6.45, 7) is 4.20. The molecule has 3 heterocycles. The molecule has 1 aliphatic heterocycles. The van der Waals surface area contributed by atoms with Crippen LogP contribution in [0, 0.1) is 6.92 Å². The molecule has 0 bridgehead atoms. The van der Waals surface area contributed by atoms with Crippen molar-refractivity contribution in [3.63, 3.8) is 0 Å². The summed E-state index contributed by atoms with van der Waals surface area (Å²) in [5, 5.41) is 9.55. The maximum Gasteiger partial charge on any atom is 0.265 e. The fourth-order valence-electron chi connectivity index (χ4n) is 2.50. The summed E-state index contributed by atoms with van der Waals surface area (Å²) in [5.41, 5.74) is 1.71. The summed E-state index contributed by atoms with van der Waals surface area (Å²) in [4.78, 5) is 19.1. The van der Waals surface area contributed by atoms with Crippen LogP contribution in [0.25, 0.3) is 5.65 Å². The highest BCUT2D eigenvalue weighted by molar-refractivity contribution is 5.56. The molecule has 0 spiro atoms. The van der Waals surface area contributed by atoms with E-state index < -0.39 is 0 Å². The molecular formula is C15H21N3O3. The van der Waals surface area contributed by atoms with E-state index in [1.807, 2.05) is 17.9 Å². The summed E-state index contributed by atoms with van der Waals surface area (Å²) in [7, 11) is 0. The van der Waals surface area contributed by atoms with Crippen LogP contribution in [0.3, 0.4) is 0 Å². The van der Waals surface area contributed by atoms with Gasteiger partial charge in [0.05, 0.1) is 25.4 Å². The molecular weight excluding hydrogens is 270 g/mol. The Morgan fingerprint density at radius 1 is 1.38 bits per heavy atom. The summed E-state index contributed by atoms with van der Waals surface area (Å²) >= 11 is 0. The lowest BCUT2D eigenvalue weighted by atomic mass is 10.2. The van der Waals surface area contributed by atoms with E-state index in [2.05, 4.69) is 4.98 Å². The lowest BCUT2D eigenvalue weighted by molar-refractivity contribution is 0.122. The second-order valence-corrected chi connectivity index (χ2v) is 4.86. The van der Waals surface area contributed by atoms with Crippen LogP contribution in [0.5, 0.6) is 0 Å². The van der Waals surface area contributed by atoms with E-state index in [-0.39, 0.29) is 19.6 Å². The van der Waals surface area contributed by atoms with Crippen LogP contribution < -0.4 is 10.5 Å². The Labute approximate surface area is 123 Å². The number of aliphatic hydroxyl groups excluding tert-OH is 1. The van der Waals surface area contributed by atoms with E-state index in [0.717, 1.165) is 5.56 Å². The van der Waals surface area contributed by atoms with Gasteiger partial charge in [-0.25, -0.2) is 4.98 Å². The van der Waals surface area contributed by atoms with E-state index in [1.165, 1.54) is 4.40 Å². The van der Waals surface area contributed by atoms with Crippen molar-refractivity contribution in [1.29, 1.82) is 0 Å². The van der Waals surface area contributed by atoms with Gasteiger partial charge in [-0.3, -0.25) is 9.20 Å². The number of ether oxygens (including phenoxy) is 1. The molecule has 0 atom stereocenters. The summed E-state index contributed by atoms with van der Waals surface area (Å²) < 4.78 is 6.81. The zero-order valence-corrected chi connectivity index (χ0v) is 11.4. The third-order valence-corrected chi connectivity index (χ3v) is 3.59. The standard InChI is InChI=1S/C14H17N3O3.CH4/c1-10-3-2-4-17-12(10)15-13(11(9-18)14(17)19)16-5-7-20-8-6-16;/h2-4,18H,5-9H2,1H3;1H4. The molecule has 0 saturated carbocycles. The van der Waals surface area contributed by atoms with Gasteiger partial charge in [-0.15, -0.1) is 0 Å². The van der Waals surface area contributed by atoms with Crippen molar-refractivity contribution in [2.24, 2.45) is 0 Å². The molecule has 0 unspecified atom stereocenters. The molecule has 1 fully saturated rings. The number of aromatic nitrogens is 2. The maximum absolute atomic E-state index is 12.5. The Bertz CT molecular complexity index is 690. The summed E-state index contributed by atoms with van der Waals surface area (Å²) in [6.07, 6.45) is 1.68. The molecule has 1 aliphatic rings. The molecule has 1 N–H and O–H groups in total. The first-order valence-electron chi connectivity index (χ1n) is 6.67. The maximum atomic E-state index is 12.5. The molecule has 1 saturated heterocycles. The molecule has 2 aromatic rings. The zero-order valence-electron chi connectivity index (χ0n) is 11.4. The molecule has 21 heavy (non-hydrogen) atoms. The van der Waals surface area contributed by atoms with E-state index in [9.17, 15) is 9.90 Å². The Morgan fingerprint density at radius 3 is 2.76 bits per heavy atom. The first-order chi connectivity index (χ1) is 9.72. The van der Waals surface area contributed by atoms with Gasteiger partial charge in [0.25, 0.3) is 5.56 Å². The van der Waals surface area contributed by atoms with Gasteiger partial charge in [-0.2, -0.15) is 0 Å². The van der Waals surface area contributed by atoms with Gasteiger partial charge in [0.15, 0.2) is 0 Å². The van der Waals surface area contributed by atoms with Crippen LogP contribution in [0.2, 0.25) is 0 Å². The van der Waals surface area contributed by atoms with Crippen LogP contribution in [-0.4, -0.2) is 40.8 Å². The Morgan fingerprint density at radius 2 is 2.10 bits per heavy atom. The van der Waals surface area contributed by atoms with Crippen molar-refractivity contribution >= 4 is 11.5 Å². The minimum absolute atomic E-state index is 0. The number of hydrogen-bond acceptors (Lipinski definition) is 5. The smallest absolute Gasteiger partial charge is 0.265 e. The van der Waals surface area contributed by atoms with Gasteiger partial charge in [0.1, 0.15) is 11.5 Å². The molecule has 0 amide bonds. The van der Waals surface area contributed by atoms with Crippen molar-refractivity contribution in [2.45, 2.75) is 21.0 Å². The second-order valence-electron chi connectivity index (χ2n) is 4.86. The van der Waals surface area contributed by atoms with Gasteiger partial charge >= 0.3 is 0 Å². The molecule has 6 nitrogen and oxygen atoms in total. The average molecular weight is 291 g/mol. The molecule has 0 aliphatic carbocycles. The minimum Gasteiger partial charge on any atom is -0.391 e. The van der Waals surface area contributed by atoms with Gasteiger partial charge in [0, 0.05) is 19.3 Å². The molecule has 6 heteroatoms. The third-order valence-electron chi connectivity index (χ3n) is 3.59. The van der Waals surface area contributed by atoms with Crippen molar-refractivity contribution in [3.05, 3.63) is 39.8 Å². The number of hydrogen-bond donors (Lipinski definition) is 1. The highest BCUT2D eigenvalue weighted by atomic mass is 16.5. The fraction of sp³-hybridized carbons (Fsp3) is 0.467. The highest BCUT2D eigenvalue weighted by Gasteiger charge is 2.20. The summed E-state index contributed by atoms with van der Waals surface area (Å²) in [6, 6.07) is 3.73. The van der Waals surface area contributed by atoms with Crippen LogP contribution >= 0.6 is 0 Å². The van der Waals surface area contributed by atoms with E-state index >= 15 is 0 Å². The Kier molecular flexibility index (Phi) is 4.59. The Balaban J connectivity index is 0.00000161. The van der Waals surface area contributed by atoms with Crippen molar-refractivity contribution in [3.8, 4) is 0 Å². The van der Waals surface area contributed by atoms with Crippen molar-refractivity contribution < 1.29 is 9.84 Å². The average Bonchev–Trinajstić information content (AvgIpc) is 2.49. The van der Waals surface area contributed by atoms with Crippen LogP contribution in [0.15, 0.2) is 23.1 Å². The second kappa shape index (κ2) is 6.24. The quantitative estimate of drug-likeness (QED) is 0.893. The monoisotopic (exact) mass is 291 g/mol. The fourth-order valence-corrected chi connectivity index (χ4v) is 2.50. The van der Waals surface area contributed by atoms with Crippen molar-refractivity contribution in [1.82, 2.24) is 9.38 Å². The predicted octanol–water partition coefficient (Wildman–Crippen LogP) is 0.968. The molecule has 114 valence electrons. The first-order valence-corrected chi connectivity index (χ1v) is 6.67. The van der Waals surface area contributed by atoms with Gasteiger partial charge < -0.3 is 14.7 Å². The number of morpholine rings is 1. The molecule has 2 aromatic heterocycles. The van der Waals surface area contributed by atoms with E-state index in [0.29, 0.717) is 43.3 Å². The van der Waals surface area contributed by atoms with Crippen molar-refractivity contribution in [2.75, 3.05) is 31.2 Å². The van der Waals surface area contributed by atoms with Crippen LogP contribution in [-0.2, 0) is 11.3 Å². The highest BCUT2D eigenvalue weighted by Crippen LogP contribution is 2.18. The molecule has 0 radical (unpaired) electrons. The molecule has 0 aromatic carbocycles. The SMILES string of the molecule is C.Cc1cccn2c(=O)c(CO)c(N3CCOCC3)nc12. The number of nitrogens with zero attached hydrogens (tertiary/aromatic N) is 3. The largest absolute Gasteiger partial charge is 0.391 e. The zero-order chi connectivity index (χ0) is 14.1. The van der Waals surface area contributed by atoms with Gasteiger partial charge in [-0.05, 0) is 18.6 Å².